The van der Waals surface area contributed by atoms with Gasteiger partial charge in [-0.25, -0.2) is 4.79 Å². The molecule has 5 heteroatoms. The van der Waals surface area contributed by atoms with E-state index in [0.717, 1.165) is 0 Å². The Morgan fingerprint density at radius 3 is 2.83 bits per heavy atom. The molecular weight excluding hydrogens is 236 g/mol. The van der Waals surface area contributed by atoms with E-state index in [-0.39, 0.29) is 12.0 Å². The van der Waals surface area contributed by atoms with Gasteiger partial charge in [-0.05, 0) is 26.8 Å². The fourth-order valence-electron chi connectivity index (χ4n) is 2.91. The van der Waals surface area contributed by atoms with Crippen molar-refractivity contribution in [1.82, 2.24) is 0 Å². The van der Waals surface area contributed by atoms with Crippen molar-refractivity contribution in [2.24, 2.45) is 5.92 Å². The number of hydrogen-bond donors (Lipinski definition) is 0. The summed E-state index contributed by atoms with van der Waals surface area (Å²) in [7, 11) is 0. The molecule has 3 heterocycles. The van der Waals surface area contributed by atoms with Gasteiger partial charge in [0, 0.05) is 5.92 Å². The largest absolute Gasteiger partial charge is 0.464 e. The summed E-state index contributed by atoms with van der Waals surface area (Å²) in [6.07, 6.45) is 3.19. The molecule has 0 aromatic carbocycles. The molecule has 0 N–H and O–H groups in total. The smallest absolute Gasteiger partial charge is 0.345 e. The van der Waals surface area contributed by atoms with E-state index in [1.54, 1.807) is 13.0 Å². The number of hydrogen-bond acceptors (Lipinski definition) is 5. The zero-order valence-corrected chi connectivity index (χ0v) is 10.8. The Hall–Kier alpha value is -0.910. The third-order valence-electron chi connectivity index (χ3n) is 3.67. The third kappa shape index (κ3) is 1.54. The van der Waals surface area contributed by atoms with Crippen molar-refractivity contribution >= 4 is 5.97 Å². The summed E-state index contributed by atoms with van der Waals surface area (Å²) in [4.78, 5) is 12.2. The third-order valence-corrected chi connectivity index (χ3v) is 3.67. The first kappa shape index (κ1) is 12.1. The van der Waals surface area contributed by atoms with Crippen LogP contribution < -0.4 is 0 Å². The SMILES string of the molecule is CCOC(=O)[C@@]12C=C[C@H](CO1)[C@@H]1OC(C)(C)O[C@@H]12. The zero-order valence-electron chi connectivity index (χ0n) is 10.8. The molecule has 3 aliphatic heterocycles. The van der Waals surface area contributed by atoms with Crippen LogP contribution in [-0.2, 0) is 23.7 Å². The maximum atomic E-state index is 12.2. The highest BCUT2D eigenvalue weighted by atomic mass is 16.8. The monoisotopic (exact) mass is 254 g/mol. The molecule has 2 bridgehead atoms. The van der Waals surface area contributed by atoms with Crippen LogP contribution in [0.25, 0.3) is 0 Å². The molecule has 0 amide bonds. The molecule has 0 aromatic heterocycles. The number of ether oxygens (including phenoxy) is 4. The summed E-state index contributed by atoms with van der Waals surface area (Å²) in [5.41, 5.74) is -1.14. The Morgan fingerprint density at radius 2 is 2.22 bits per heavy atom. The summed E-state index contributed by atoms with van der Waals surface area (Å²) in [6.45, 7) is 6.27. The lowest BCUT2D eigenvalue weighted by Gasteiger charge is -2.45. The number of carbonyl (C=O) groups excluding carboxylic acids is 1. The molecule has 0 spiro atoms. The van der Waals surface area contributed by atoms with Gasteiger partial charge in [-0.2, -0.15) is 0 Å². The van der Waals surface area contributed by atoms with Gasteiger partial charge in [-0.3, -0.25) is 0 Å². The summed E-state index contributed by atoms with van der Waals surface area (Å²) >= 11 is 0. The average molecular weight is 254 g/mol. The van der Waals surface area contributed by atoms with Gasteiger partial charge in [0.2, 0.25) is 5.60 Å². The predicted molar refractivity (Wildman–Crippen MR) is 61.8 cm³/mol. The minimum Gasteiger partial charge on any atom is -0.464 e. The molecular formula is C13H18O5. The molecule has 18 heavy (non-hydrogen) atoms. The summed E-state index contributed by atoms with van der Waals surface area (Å²) < 4.78 is 22.6. The van der Waals surface area contributed by atoms with E-state index in [1.807, 2.05) is 19.9 Å². The van der Waals surface area contributed by atoms with Crippen molar-refractivity contribution in [2.45, 2.75) is 44.4 Å². The van der Waals surface area contributed by atoms with Gasteiger partial charge in [-0.1, -0.05) is 6.08 Å². The quantitative estimate of drug-likeness (QED) is 0.544. The van der Waals surface area contributed by atoms with Crippen LogP contribution >= 0.6 is 0 Å². The lowest BCUT2D eigenvalue weighted by Crippen LogP contribution is -2.63. The van der Waals surface area contributed by atoms with E-state index in [2.05, 4.69) is 0 Å². The Morgan fingerprint density at radius 1 is 1.44 bits per heavy atom. The molecule has 0 aromatic rings. The van der Waals surface area contributed by atoms with E-state index in [4.69, 9.17) is 18.9 Å². The maximum absolute atomic E-state index is 12.2. The van der Waals surface area contributed by atoms with Gasteiger partial charge in [0.1, 0.15) is 6.10 Å². The average Bonchev–Trinajstić information content (AvgIpc) is 2.67. The number of carbonyl (C=O) groups is 1. The molecule has 2 saturated heterocycles. The van der Waals surface area contributed by atoms with E-state index in [1.165, 1.54) is 0 Å². The van der Waals surface area contributed by atoms with Crippen LogP contribution in [0.2, 0.25) is 0 Å². The molecule has 0 radical (unpaired) electrons. The van der Waals surface area contributed by atoms with Crippen LogP contribution in [0.4, 0.5) is 0 Å². The van der Waals surface area contributed by atoms with Crippen LogP contribution in [-0.4, -0.2) is 42.8 Å². The van der Waals surface area contributed by atoms with Gasteiger partial charge in [0.05, 0.1) is 19.3 Å². The Balaban J connectivity index is 1.96. The Bertz CT molecular complexity index is 402. The number of rotatable bonds is 2. The van der Waals surface area contributed by atoms with E-state index in [9.17, 15) is 4.79 Å². The molecule has 4 rings (SSSR count). The number of fused-ring (bicyclic) bond motifs is 1. The first-order chi connectivity index (χ1) is 8.48. The van der Waals surface area contributed by atoms with Gasteiger partial charge in [0.25, 0.3) is 0 Å². The van der Waals surface area contributed by atoms with Crippen LogP contribution in [0.1, 0.15) is 20.8 Å². The highest BCUT2D eigenvalue weighted by molar-refractivity contribution is 5.84. The standard InChI is InChI=1S/C13H18O5/c1-4-15-11(14)13-6-5-8(7-16-13)9-10(13)18-12(2,3)17-9/h5-6,8-10H,4,7H2,1-3H3/t8-,9+,10+,13+/m1/s1. The second kappa shape index (κ2) is 3.79. The van der Waals surface area contributed by atoms with Crippen LogP contribution in [0.5, 0.6) is 0 Å². The first-order valence-electron chi connectivity index (χ1n) is 6.35. The lowest BCUT2D eigenvalue weighted by atomic mass is 9.77. The molecule has 5 nitrogen and oxygen atoms in total. The van der Waals surface area contributed by atoms with Crippen LogP contribution in [0.3, 0.4) is 0 Å². The minimum atomic E-state index is -1.14. The normalized spacial score (nSPS) is 43.8. The minimum absolute atomic E-state index is 0.136. The van der Waals surface area contributed by atoms with Crippen molar-refractivity contribution in [3.05, 3.63) is 12.2 Å². The molecule has 0 saturated carbocycles. The van der Waals surface area contributed by atoms with Crippen molar-refractivity contribution in [1.29, 1.82) is 0 Å². The van der Waals surface area contributed by atoms with Gasteiger partial charge >= 0.3 is 5.97 Å². The second-order valence-electron chi connectivity index (χ2n) is 5.37. The lowest BCUT2D eigenvalue weighted by molar-refractivity contribution is -0.204. The van der Waals surface area contributed by atoms with Gasteiger partial charge in [0.15, 0.2) is 5.79 Å². The van der Waals surface area contributed by atoms with E-state index in [0.29, 0.717) is 13.2 Å². The molecule has 100 valence electrons. The van der Waals surface area contributed by atoms with Crippen LogP contribution in [0, 0.1) is 5.92 Å². The summed E-state index contributed by atoms with van der Waals surface area (Å²) in [5.74, 6) is -0.936. The van der Waals surface area contributed by atoms with Crippen molar-refractivity contribution in [3.63, 3.8) is 0 Å². The Kier molecular flexibility index (Phi) is 2.56. The highest BCUT2D eigenvalue weighted by Crippen LogP contribution is 2.47. The Labute approximate surface area is 106 Å². The number of esters is 1. The summed E-state index contributed by atoms with van der Waals surface area (Å²) in [6, 6.07) is 0. The zero-order chi connectivity index (χ0) is 13.0. The van der Waals surface area contributed by atoms with Gasteiger partial charge in [-0.15, -0.1) is 0 Å². The fraction of sp³-hybridized carbons (Fsp3) is 0.769. The first-order valence-corrected chi connectivity index (χ1v) is 6.35. The second-order valence-corrected chi connectivity index (χ2v) is 5.37. The van der Waals surface area contributed by atoms with Crippen molar-refractivity contribution in [2.75, 3.05) is 13.2 Å². The predicted octanol–water partition coefficient (Wildman–Crippen LogP) is 1.02. The molecule has 4 aliphatic rings. The molecule has 1 aliphatic carbocycles. The molecule has 4 atom stereocenters. The van der Waals surface area contributed by atoms with E-state index < -0.39 is 23.5 Å². The fourth-order valence-corrected chi connectivity index (χ4v) is 2.91. The van der Waals surface area contributed by atoms with Crippen LogP contribution in [0.15, 0.2) is 12.2 Å². The van der Waals surface area contributed by atoms with Gasteiger partial charge < -0.3 is 18.9 Å². The molecule has 2 fully saturated rings. The molecule has 0 unspecified atom stereocenters. The van der Waals surface area contributed by atoms with Crippen molar-refractivity contribution in [3.8, 4) is 0 Å². The van der Waals surface area contributed by atoms with E-state index >= 15 is 0 Å². The topological polar surface area (TPSA) is 54.0 Å². The van der Waals surface area contributed by atoms with Crippen molar-refractivity contribution < 1.29 is 23.7 Å². The maximum Gasteiger partial charge on any atom is 0.345 e. The summed E-state index contributed by atoms with van der Waals surface area (Å²) in [5, 5.41) is 0. The highest BCUT2D eigenvalue weighted by Gasteiger charge is 2.64.